The molecule has 0 saturated carbocycles. The van der Waals surface area contributed by atoms with Gasteiger partial charge in [-0.1, -0.05) is 30.3 Å². The number of nitrogens with two attached hydrogens (primary N) is 1. The Labute approximate surface area is 136 Å². The summed E-state index contributed by atoms with van der Waals surface area (Å²) in [4.78, 5) is 22.5. The largest absolute Gasteiger partial charge is 0.506 e. The summed E-state index contributed by atoms with van der Waals surface area (Å²) in [6, 6.07) is 12.7. The maximum atomic E-state index is 10.8. The first-order valence-electron chi connectivity index (χ1n) is 6.84. The van der Waals surface area contributed by atoms with Gasteiger partial charge in [-0.2, -0.15) is 15.0 Å². The Morgan fingerprint density at radius 2 is 1.83 bits per heavy atom. The number of nitrogens with one attached hydrogen (secondary N) is 1. The molecule has 0 atom stereocenters. The lowest BCUT2D eigenvalue weighted by Gasteiger charge is -2.08. The van der Waals surface area contributed by atoms with E-state index in [1.807, 2.05) is 30.3 Å². The van der Waals surface area contributed by atoms with Gasteiger partial charge in [0.25, 0.3) is 5.69 Å². The van der Waals surface area contributed by atoms with Crippen molar-refractivity contribution in [1.82, 2.24) is 15.0 Å². The van der Waals surface area contributed by atoms with Gasteiger partial charge in [0.2, 0.25) is 11.9 Å². The van der Waals surface area contributed by atoms with E-state index in [9.17, 15) is 15.2 Å². The van der Waals surface area contributed by atoms with E-state index in [0.29, 0.717) is 5.82 Å². The molecule has 0 aliphatic rings. The Balaban J connectivity index is 1.98. The number of rotatable bonds is 4. The SMILES string of the molecule is Nc1nc(Nc2cc([N+](=O)[O-])ccc2O)nc(-c2ccccc2)n1. The lowest BCUT2D eigenvalue weighted by molar-refractivity contribution is -0.384. The molecule has 0 fully saturated rings. The fourth-order valence-corrected chi connectivity index (χ4v) is 2.02. The number of nitrogen functional groups attached to an aromatic ring is 1. The van der Waals surface area contributed by atoms with Crippen LogP contribution < -0.4 is 11.1 Å². The molecule has 0 aliphatic carbocycles. The van der Waals surface area contributed by atoms with Gasteiger partial charge in [-0.25, -0.2) is 0 Å². The van der Waals surface area contributed by atoms with Crippen molar-refractivity contribution in [3.8, 4) is 17.1 Å². The summed E-state index contributed by atoms with van der Waals surface area (Å²) in [5.41, 5.74) is 6.34. The van der Waals surface area contributed by atoms with E-state index in [1.54, 1.807) is 0 Å². The molecular weight excluding hydrogens is 312 g/mol. The van der Waals surface area contributed by atoms with Gasteiger partial charge >= 0.3 is 0 Å². The van der Waals surface area contributed by atoms with Crippen molar-refractivity contribution >= 4 is 23.3 Å². The average Bonchev–Trinajstić information content (AvgIpc) is 2.57. The molecule has 3 aromatic rings. The molecule has 1 heterocycles. The third-order valence-corrected chi connectivity index (χ3v) is 3.12. The van der Waals surface area contributed by atoms with Crippen LogP contribution in [0.15, 0.2) is 48.5 Å². The van der Waals surface area contributed by atoms with E-state index in [0.717, 1.165) is 5.56 Å². The van der Waals surface area contributed by atoms with Gasteiger partial charge in [0.05, 0.1) is 10.6 Å². The Morgan fingerprint density at radius 1 is 1.08 bits per heavy atom. The van der Waals surface area contributed by atoms with Crippen LogP contribution in [0.2, 0.25) is 0 Å². The lowest BCUT2D eigenvalue weighted by Crippen LogP contribution is -2.05. The molecule has 2 aromatic carbocycles. The van der Waals surface area contributed by atoms with Gasteiger partial charge in [0.1, 0.15) is 5.75 Å². The van der Waals surface area contributed by atoms with Crippen LogP contribution in [-0.4, -0.2) is 25.0 Å². The third-order valence-electron chi connectivity index (χ3n) is 3.12. The third kappa shape index (κ3) is 3.19. The zero-order valence-electron chi connectivity index (χ0n) is 12.2. The number of aromatic nitrogens is 3. The number of anilines is 3. The number of aromatic hydroxyl groups is 1. The number of phenolic OH excluding ortho intramolecular Hbond substituents is 1. The van der Waals surface area contributed by atoms with E-state index >= 15 is 0 Å². The molecule has 3 rings (SSSR count). The first-order valence-corrected chi connectivity index (χ1v) is 6.84. The lowest BCUT2D eigenvalue weighted by atomic mass is 10.2. The van der Waals surface area contributed by atoms with Crippen molar-refractivity contribution in [2.24, 2.45) is 0 Å². The fraction of sp³-hybridized carbons (Fsp3) is 0. The van der Waals surface area contributed by atoms with E-state index < -0.39 is 4.92 Å². The van der Waals surface area contributed by atoms with Crippen LogP contribution in [0.3, 0.4) is 0 Å². The first kappa shape index (κ1) is 15.2. The zero-order chi connectivity index (χ0) is 17.1. The smallest absolute Gasteiger partial charge is 0.271 e. The van der Waals surface area contributed by atoms with Crippen LogP contribution in [0.5, 0.6) is 5.75 Å². The van der Waals surface area contributed by atoms with Crippen molar-refractivity contribution in [2.75, 3.05) is 11.1 Å². The highest BCUT2D eigenvalue weighted by molar-refractivity contribution is 5.67. The molecule has 0 spiro atoms. The van der Waals surface area contributed by atoms with Gasteiger partial charge in [0.15, 0.2) is 5.82 Å². The van der Waals surface area contributed by atoms with Crippen LogP contribution >= 0.6 is 0 Å². The van der Waals surface area contributed by atoms with Crippen LogP contribution in [-0.2, 0) is 0 Å². The molecule has 0 bridgehead atoms. The highest BCUT2D eigenvalue weighted by atomic mass is 16.6. The summed E-state index contributed by atoms with van der Waals surface area (Å²) in [7, 11) is 0. The fourth-order valence-electron chi connectivity index (χ4n) is 2.02. The molecular formula is C15H12N6O3. The minimum absolute atomic E-state index is 0.0173. The van der Waals surface area contributed by atoms with Crippen molar-refractivity contribution < 1.29 is 10.0 Å². The van der Waals surface area contributed by atoms with E-state index in [2.05, 4.69) is 20.3 Å². The van der Waals surface area contributed by atoms with Gasteiger partial charge in [0, 0.05) is 17.7 Å². The molecule has 24 heavy (non-hydrogen) atoms. The molecule has 120 valence electrons. The van der Waals surface area contributed by atoms with E-state index in [1.165, 1.54) is 18.2 Å². The Bertz CT molecular complexity index is 901. The molecule has 9 nitrogen and oxygen atoms in total. The Kier molecular flexibility index (Phi) is 3.89. The van der Waals surface area contributed by atoms with E-state index in [4.69, 9.17) is 5.73 Å². The number of nitrogens with zero attached hydrogens (tertiary/aromatic N) is 4. The minimum Gasteiger partial charge on any atom is -0.506 e. The number of benzene rings is 2. The molecule has 0 radical (unpaired) electrons. The quantitative estimate of drug-likeness (QED) is 0.377. The Morgan fingerprint density at radius 3 is 2.54 bits per heavy atom. The van der Waals surface area contributed by atoms with Gasteiger partial charge in [-0.15, -0.1) is 0 Å². The number of phenols is 1. The molecule has 1 aromatic heterocycles. The van der Waals surface area contributed by atoms with Gasteiger partial charge in [-0.3, -0.25) is 10.1 Å². The van der Waals surface area contributed by atoms with Crippen molar-refractivity contribution in [2.45, 2.75) is 0 Å². The second kappa shape index (κ2) is 6.16. The van der Waals surface area contributed by atoms with Crippen LogP contribution in [0, 0.1) is 10.1 Å². The number of non-ortho nitro benzene ring substituents is 1. The maximum Gasteiger partial charge on any atom is 0.271 e. The summed E-state index contributed by atoms with van der Waals surface area (Å²) in [5.74, 6) is 0.213. The summed E-state index contributed by atoms with van der Waals surface area (Å²) in [6.45, 7) is 0. The van der Waals surface area contributed by atoms with Gasteiger partial charge < -0.3 is 16.2 Å². The zero-order valence-corrected chi connectivity index (χ0v) is 12.2. The maximum absolute atomic E-state index is 10.8. The topological polar surface area (TPSA) is 140 Å². The molecule has 0 saturated heterocycles. The minimum atomic E-state index is -0.568. The highest BCUT2D eigenvalue weighted by Crippen LogP contribution is 2.30. The second-order valence-electron chi connectivity index (χ2n) is 4.79. The van der Waals surface area contributed by atoms with Crippen molar-refractivity contribution in [3.63, 3.8) is 0 Å². The number of nitro benzene ring substituents is 1. The normalized spacial score (nSPS) is 10.3. The van der Waals surface area contributed by atoms with Crippen molar-refractivity contribution in [3.05, 3.63) is 58.6 Å². The Hall–Kier alpha value is -3.75. The summed E-state index contributed by atoms with van der Waals surface area (Å²) in [5, 5.41) is 23.4. The monoisotopic (exact) mass is 324 g/mol. The number of hydrogen-bond acceptors (Lipinski definition) is 8. The molecule has 0 amide bonds. The van der Waals surface area contributed by atoms with Crippen LogP contribution in [0.4, 0.5) is 23.3 Å². The highest BCUT2D eigenvalue weighted by Gasteiger charge is 2.13. The number of nitro groups is 1. The molecule has 4 N–H and O–H groups in total. The molecule has 9 heteroatoms. The molecule has 0 unspecified atom stereocenters. The predicted octanol–water partition coefficient (Wildman–Crippen LogP) is 2.48. The summed E-state index contributed by atoms with van der Waals surface area (Å²) >= 11 is 0. The predicted molar refractivity (Wildman–Crippen MR) is 87.7 cm³/mol. The van der Waals surface area contributed by atoms with Crippen LogP contribution in [0.25, 0.3) is 11.4 Å². The van der Waals surface area contributed by atoms with E-state index in [-0.39, 0.29) is 29.0 Å². The summed E-state index contributed by atoms with van der Waals surface area (Å²) in [6.07, 6.45) is 0. The molecule has 0 aliphatic heterocycles. The summed E-state index contributed by atoms with van der Waals surface area (Å²) < 4.78 is 0. The standard InChI is InChI=1S/C15H12N6O3/c16-14-18-13(9-4-2-1-3-5-9)19-15(20-14)17-11-8-10(21(23)24)6-7-12(11)22/h1-8,22H,(H3,16,17,18,19,20). The number of hydrogen-bond donors (Lipinski definition) is 3. The van der Waals surface area contributed by atoms with Crippen LogP contribution in [0.1, 0.15) is 0 Å². The average molecular weight is 324 g/mol. The second-order valence-corrected chi connectivity index (χ2v) is 4.79. The van der Waals surface area contributed by atoms with Crippen molar-refractivity contribution in [1.29, 1.82) is 0 Å². The first-order chi connectivity index (χ1) is 11.5. The van der Waals surface area contributed by atoms with Gasteiger partial charge in [-0.05, 0) is 6.07 Å².